The van der Waals surface area contributed by atoms with Crippen LogP contribution in [-0.2, 0) is 4.79 Å². The predicted octanol–water partition coefficient (Wildman–Crippen LogP) is 2.12. The number of carbonyl (C=O) groups is 1. The van der Waals surface area contributed by atoms with E-state index in [1.54, 1.807) is 0 Å². The molecule has 0 aliphatic carbocycles. The number of hydrogen-bond acceptors (Lipinski definition) is 2. The standard InChI is InChI=1S/C11H23NO2/c1-8(2)9(3)7-12-10(4)5-6-11(13)14/h8-10,12H,5-7H2,1-4H3,(H,13,14). The van der Waals surface area contributed by atoms with E-state index in [0.717, 1.165) is 6.54 Å². The molecule has 14 heavy (non-hydrogen) atoms. The van der Waals surface area contributed by atoms with E-state index < -0.39 is 5.97 Å². The van der Waals surface area contributed by atoms with Crippen molar-refractivity contribution in [3.63, 3.8) is 0 Å². The van der Waals surface area contributed by atoms with Crippen LogP contribution in [0.5, 0.6) is 0 Å². The molecule has 0 rings (SSSR count). The van der Waals surface area contributed by atoms with Crippen LogP contribution >= 0.6 is 0 Å². The first-order valence-corrected chi connectivity index (χ1v) is 5.38. The summed E-state index contributed by atoms with van der Waals surface area (Å²) in [4.78, 5) is 10.3. The lowest BCUT2D eigenvalue weighted by atomic mass is 9.98. The second kappa shape index (κ2) is 6.82. The molecule has 2 unspecified atom stereocenters. The Bertz CT molecular complexity index is 169. The van der Waals surface area contributed by atoms with Gasteiger partial charge in [-0.2, -0.15) is 0 Å². The maximum Gasteiger partial charge on any atom is 0.303 e. The first kappa shape index (κ1) is 13.4. The lowest BCUT2D eigenvalue weighted by Crippen LogP contribution is -2.32. The predicted molar refractivity (Wildman–Crippen MR) is 58.3 cm³/mol. The van der Waals surface area contributed by atoms with Gasteiger partial charge in [-0.25, -0.2) is 0 Å². The molecule has 0 amide bonds. The van der Waals surface area contributed by atoms with Gasteiger partial charge in [0.2, 0.25) is 0 Å². The van der Waals surface area contributed by atoms with Gasteiger partial charge >= 0.3 is 5.97 Å². The molecule has 2 N–H and O–H groups in total. The van der Waals surface area contributed by atoms with Crippen LogP contribution in [0, 0.1) is 11.8 Å². The molecule has 0 saturated heterocycles. The highest BCUT2D eigenvalue weighted by atomic mass is 16.4. The van der Waals surface area contributed by atoms with Crippen molar-refractivity contribution in [2.45, 2.75) is 46.6 Å². The van der Waals surface area contributed by atoms with Gasteiger partial charge in [0.15, 0.2) is 0 Å². The number of carboxylic acid groups (broad SMARTS) is 1. The van der Waals surface area contributed by atoms with Gasteiger partial charge in [0, 0.05) is 12.5 Å². The van der Waals surface area contributed by atoms with Crippen LogP contribution in [0.4, 0.5) is 0 Å². The van der Waals surface area contributed by atoms with Crippen LogP contribution in [0.25, 0.3) is 0 Å². The lowest BCUT2D eigenvalue weighted by molar-refractivity contribution is -0.137. The van der Waals surface area contributed by atoms with E-state index in [4.69, 9.17) is 5.11 Å². The van der Waals surface area contributed by atoms with E-state index in [2.05, 4.69) is 26.1 Å². The summed E-state index contributed by atoms with van der Waals surface area (Å²) in [5.74, 6) is 0.604. The summed E-state index contributed by atoms with van der Waals surface area (Å²) in [6.07, 6.45) is 0.963. The Morgan fingerprint density at radius 1 is 1.29 bits per heavy atom. The fourth-order valence-electron chi connectivity index (χ4n) is 1.06. The average molecular weight is 201 g/mol. The van der Waals surface area contributed by atoms with Crippen molar-refractivity contribution in [1.29, 1.82) is 0 Å². The number of rotatable bonds is 7. The Labute approximate surface area is 86.9 Å². The second-order valence-electron chi connectivity index (χ2n) is 4.46. The average Bonchev–Trinajstić information content (AvgIpc) is 2.10. The van der Waals surface area contributed by atoms with Crippen LogP contribution in [0.3, 0.4) is 0 Å². The Kier molecular flexibility index (Phi) is 6.54. The van der Waals surface area contributed by atoms with Crippen LogP contribution < -0.4 is 5.32 Å². The summed E-state index contributed by atoms with van der Waals surface area (Å²) in [5.41, 5.74) is 0. The molecule has 0 fully saturated rings. The molecule has 0 saturated carbocycles. The van der Waals surface area contributed by atoms with Crippen LogP contribution in [0.2, 0.25) is 0 Å². The summed E-state index contributed by atoms with van der Waals surface area (Å²) in [6.45, 7) is 9.62. The van der Waals surface area contributed by atoms with Gasteiger partial charge in [0.05, 0.1) is 0 Å². The van der Waals surface area contributed by atoms with E-state index in [1.165, 1.54) is 0 Å². The van der Waals surface area contributed by atoms with Crippen LogP contribution in [-0.4, -0.2) is 23.7 Å². The first-order valence-electron chi connectivity index (χ1n) is 5.38. The molecular weight excluding hydrogens is 178 g/mol. The van der Waals surface area contributed by atoms with E-state index >= 15 is 0 Å². The molecule has 0 spiro atoms. The van der Waals surface area contributed by atoms with Gasteiger partial charge in [-0.3, -0.25) is 4.79 Å². The molecule has 0 bridgehead atoms. The van der Waals surface area contributed by atoms with Gasteiger partial charge in [-0.15, -0.1) is 0 Å². The zero-order valence-corrected chi connectivity index (χ0v) is 9.71. The third kappa shape index (κ3) is 6.89. The van der Waals surface area contributed by atoms with Gasteiger partial charge in [-0.1, -0.05) is 20.8 Å². The maximum absolute atomic E-state index is 10.3. The van der Waals surface area contributed by atoms with Crippen molar-refractivity contribution in [3.05, 3.63) is 0 Å². The molecular formula is C11H23NO2. The van der Waals surface area contributed by atoms with Gasteiger partial charge < -0.3 is 10.4 Å². The molecule has 0 aromatic rings. The van der Waals surface area contributed by atoms with E-state index in [0.29, 0.717) is 24.3 Å². The minimum atomic E-state index is -0.712. The Morgan fingerprint density at radius 2 is 1.86 bits per heavy atom. The molecule has 0 aromatic carbocycles. The quantitative estimate of drug-likeness (QED) is 0.663. The molecule has 84 valence electrons. The SMILES string of the molecule is CC(CCC(=O)O)NCC(C)C(C)C. The summed E-state index contributed by atoms with van der Waals surface area (Å²) < 4.78 is 0. The summed E-state index contributed by atoms with van der Waals surface area (Å²) >= 11 is 0. The second-order valence-corrected chi connectivity index (χ2v) is 4.46. The fraction of sp³-hybridized carbons (Fsp3) is 0.909. The van der Waals surface area contributed by atoms with Crippen molar-refractivity contribution in [1.82, 2.24) is 5.32 Å². The van der Waals surface area contributed by atoms with Gasteiger partial charge in [-0.05, 0) is 31.7 Å². The molecule has 3 heteroatoms. The third-order valence-electron chi connectivity index (χ3n) is 2.72. The first-order chi connectivity index (χ1) is 6.43. The molecule has 0 radical (unpaired) electrons. The number of aliphatic carboxylic acids is 1. The van der Waals surface area contributed by atoms with Crippen molar-refractivity contribution in [2.24, 2.45) is 11.8 Å². The minimum Gasteiger partial charge on any atom is -0.481 e. The fourth-order valence-corrected chi connectivity index (χ4v) is 1.06. The van der Waals surface area contributed by atoms with E-state index in [9.17, 15) is 4.79 Å². The highest BCUT2D eigenvalue weighted by Gasteiger charge is 2.09. The van der Waals surface area contributed by atoms with Gasteiger partial charge in [0.1, 0.15) is 0 Å². The summed E-state index contributed by atoms with van der Waals surface area (Å²) in [6, 6.07) is 0.298. The zero-order chi connectivity index (χ0) is 11.1. The van der Waals surface area contributed by atoms with E-state index in [-0.39, 0.29) is 6.42 Å². The highest BCUT2D eigenvalue weighted by molar-refractivity contribution is 5.66. The smallest absolute Gasteiger partial charge is 0.303 e. The molecule has 0 heterocycles. The molecule has 3 nitrogen and oxygen atoms in total. The Morgan fingerprint density at radius 3 is 2.29 bits per heavy atom. The number of hydrogen-bond donors (Lipinski definition) is 2. The molecule has 0 aliphatic heterocycles. The van der Waals surface area contributed by atoms with Crippen molar-refractivity contribution in [3.8, 4) is 0 Å². The maximum atomic E-state index is 10.3. The third-order valence-corrected chi connectivity index (χ3v) is 2.72. The highest BCUT2D eigenvalue weighted by Crippen LogP contribution is 2.08. The monoisotopic (exact) mass is 201 g/mol. The van der Waals surface area contributed by atoms with Crippen LogP contribution in [0.15, 0.2) is 0 Å². The summed E-state index contributed by atoms with van der Waals surface area (Å²) in [7, 11) is 0. The zero-order valence-electron chi connectivity index (χ0n) is 9.71. The molecule has 0 aromatic heterocycles. The van der Waals surface area contributed by atoms with Crippen molar-refractivity contribution >= 4 is 5.97 Å². The molecule has 0 aliphatic rings. The minimum absolute atomic E-state index is 0.254. The number of carboxylic acids is 1. The van der Waals surface area contributed by atoms with Crippen molar-refractivity contribution < 1.29 is 9.90 Å². The van der Waals surface area contributed by atoms with E-state index in [1.807, 2.05) is 6.92 Å². The topological polar surface area (TPSA) is 49.3 Å². The summed E-state index contributed by atoms with van der Waals surface area (Å²) in [5, 5.41) is 11.9. The lowest BCUT2D eigenvalue weighted by Gasteiger charge is -2.19. The van der Waals surface area contributed by atoms with Crippen LogP contribution in [0.1, 0.15) is 40.5 Å². The Hall–Kier alpha value is -0.570. The van der Waals surface area contributed by atoms with Crippen molar-refractivity contribution in [2.75, 3.05) is 6.54 Å². The molecule has 2 atom stereocenters. The Balaban J connectivity index is 3.53. The largest absolute Gasteiger partial charge is 0.481 e. The normalized spacial score (nSPS) is 15.5. The van der Waals surface area contributed by atoms with Gasteiger partial charge in [0.25, 0.3) is 0 Å². The number of nitrogens with one attached hydrogen (secondary N) is 1.